The summed E-state index contributed by atoms with van der Waals surface area (Å²) in [6.45, 7) is 4.40. The molecule has 9 heteroatoms. The lowest BCUT2D eigenvalue weighted by Crippen LogP contribution is -2.31. The number of hydrogen-bond acceptors (Lipinski definition) is 7. The first-order valence-corrected chi connectivity index (χ1v) is 9.95. The zero-order chi connectivity index (χ0) is 18.0. The molecule has 0 radical (unpaired) electrons. The van der Waals surface area contributed by atoms with Crippen molar-refractivity contribution in [1.82, 2.24) is 15.1 Å². The van der Waals surface area contributed by atoms with Gasteiger partial charge in [0.15, 0.2) is 4.34 Å². The predicted octanol–water partition coefficient (Wildman–Crippen LogP) is 3.79. The summed E-state index contributed by atoms with van der Waals surface area (Å²) in [4.78, 5) is 24.5. The van der Waals surface area contributed by atoms with Crippen LogP contribution in [0, 0.1) is 13.8 Å². The van der Waals surface area contributed by atoms with E-state index in [1.54, 1.807) is 0 Å². The van der Waals surface area contributed by atoms with Gasteiger partial charge in [-0.2, -0.15) is 0 Å². The zero-order valence-electron chi connectivity index (χ0n) is 13.8. The molecule has 1 aliphatic heterocycles. The fourth-order valence-electron chi connectivity index (χ4n) is 2.60. The summed E-state index contributed by atoms with van der Waals surface area (Å²) in [6, 6.07) is 3.95. The first-order valence-electron chi connectivity index (χ1n) is 7.77. The summed E-state index contributed by atoms with van der Waals surface area (Å²) >= 11 is 9.19. The number of anilines is 2. The van der Waals surface area contributed by atoms with Crippen molar-refractivity contribution in [2.24, 2.45) is 0 Å². The Hall–Kier alpha value is -1.64. The Balaban J connectivity index is 1.58. The van der Waals surface area contributed by atoms with E-state index in [-0.39, 0.29) is 11.8 Å². The van der Waals surface area contributed by atoms with Crippen LogP contribution in [-0.2, 0) is 9.59 Å². The molecule has 1 fully saturated rings. The normalized spacial score (nSPS) is 14.4. The highest BCUT2D eigenvalue weighted by atomic mass is 35.5. The number of thioether (sulfide) groups is 1. The number of hydrogen-bond donors (Lipinski definition) is 1. The SMILES string of the molecule is Cc1cc(C)c(Nc2nnc(SCCN3C(=O)CCC3=O)s2)c(Cl)c1. The molecule has 25 heavy (non-hydrogen) atoms. The van der Waals surface area contributed by atoms with Crippen molar-refractivity contribution in [2.45, 2.75) is 31.0 Å². The largest absolute Gasteiger partial charge is 0.329 e. The van der Waals surface area contributed by atoms with Crippen molar-refractivity contribution < 1.29 is 9.59 Å². The van der Waals surface area contributed by atoms with Gasteiger partial charge >= 0.3 is 0 Å². The molecular formula is C16H17ClN4O2S2. The third-order valence-corrected chi connectivity index (χ3v) is 6.02. The van der Waals surface area contributed by atoms with Crippen LogP contribution in [0.1, 0.15) is 24.0 Å². The lowest BCUT2D eigenvalue weighted by molar-refractivity contribution is -0.137. The highest BCUT2D eigenvalue weighted by Gasteiger charge is 2.28. The fraction of sp³-hybridized carbons (Fsp3) is 0.375. The molecule has 0 saturated carbocycles. The van der Waals surface area contributed by atoms with Crippen LogP contribution in [0.15, 0.2) is 16.5 Å². The van der Waals surface area contributed by atoms with Crippen LogP contribution in [0.25, 0.3) is 0 Å². The molecule has 3 rings (SSSR count). The number of nitrogens with one attached hydrogen (secondary N) is 1. The molecule has 0 atom stereocenters. The number of amides is 2. The average Bonchev–Trinajstić information content (AvgIpc) is 3.12. The molecule has 0 bridgehead atoms. The lowest BCUT2D eigenvalue weighted by Gasteiger charge is -2.12. The second-order valence-corrected chi connectivity index (χ2v) is 8.45. The summed E-state index contributed by atoms with van der Waals surface area (Å²) in [5, 5.41) is 12.8. The van der Waals surface area contributed by atoms with E-state index in [1.807, 2.05) is 19.9 Å². The van der Waals surface area contributed by atoms with Crippen molar-refractivity contribution in [3.63, 3.8) is 0 Å². The Morgan fingerprint density at radius 3 is 2.64 bits per heavy atom. The number of aromatic nitrogens is 2. The van der Waals surface area contributed by atoms with Crippen molar-refractivity contribution in [2.75, 3.05) is 17.6 Å². The third kappa shape index (κ3) is 4.31. The van der Waals surface area contributed by atoms with E-state index in [0.29, 0.717) is 35.3 Å². The maximum atomic E-state index is 11.6. The average molecular weight is 397 g/mol. The Bertz CT molecular complexity index is 785. The molecule has 132 valence electrons. The van der Waals surface area contributed by atoms with Crippen LogP contribution >= 0.6 is 34.7 Å². The number of nitrogens with zero attached hydrogens (tertiary/aromatic N) is 3. The first kappa shape index (κ1) is 18.2. The molecule has 2 aromatic rings. The van der Waals surface area contributed by atoms with Crippen LogP contribution in [0.5, 0.6) is 0 Å². The van der Waals surface area contributed by atoms with Gasteiger partial charge in [-0.1, -0.05) is 40.8 Å². The van der Waals surface area contributed by atoms with Crippen molar-refractivity contribution >= 4 is 57.3 Å². The number of halogens is 1. The van der Waals surface area contributed by atoms with Gasteiger partial charge in [0.2, 0.25) is 16.9 Å². The van der Waals surface area contributed by atoms with Gasteiger partial charge in [0.05, 0.1) is 10.7 Å². The minimum absolute atomic E-state index is 0.0882. The van der Waals surface area contributed by atoms with Gasteiger partial charge in [-0.05, 0) is 31.0 Å². The number of imide groups is 1. The summed E-state index contributed by atoms with van der Waals surface area (Å²) in [5.74, 6) is 0.431. The zero-order valence-corrected chi connectivity index (χ0v) is 16.2. The Morgan fingerprint density at radius 2 is 1.96 bits per heavy atom. The third-order valence-electron chi connectivity index (χ3n) is 3.77. The standard InChI is InChI=1S/C16H17ClN4O2S2/c1-9-7-10(2)14(11(17)8-9)18-15-19-20-16(25-15)24-6-5-21-12(22)3-4-13(21)23/h7-8H,3-6H2,1-2H3,(H,18,19). The fourth-order valence-corrected chi connectivity index (χ4v) is 4.72. The van der Waals surface area contributed by atoms with E-state index in [2.05, 4.69) is 21.6 Å². The van der Waals surface area contributed by atoms with Crippen LogP contribution in [0.4, 0.5) is 10.8 Å². The molecule has 0 spiro atoms. The van der Waals surface area contributed by atoms with Crippen LogP contribution in [0.3, 0.4) is 0 Å². The van der Waals surface area contributed by atoms with Gasteiger partial charge in [-0.25, -0.2) is 0 Å². The number of rotatable bonds is 6. The summed E-state index contributed by atoms with van der Waals surface area (Å²) in [7, 11) is 0. The topological polar surface area (TPSA) is 75.2 Å². The van der Waals surface area contributed by atoms with Crippen LogP contribution < -0.4 is 5.32 Å². The lowest BCUT2D eigenvalue weighted by atomic mass is 10.1. The second-order valence-electron chi connectivity index (χ2n) is 5.72. The molecule has 6 nitrogen and oxygen atoms in total. The Morgan fingerprint density at radius 1 is 1.24 bits per heavy atom. The number of aryl methyl sites for hydroxylation is 2. The van der Waals surface area contributed by atoms with E-state index >= 15 is 0 Å². The summed E-state index contributed by atoms with van der Waals surface area (Å²) < 4.78 is 0.780. The summed E-state index contributed by atoms with van der Waals surface area (Å²) in [5.41, 5.74) is 2.97. The van der Waals surface area contributed by atoms with Gasteiger partial charge in [0.1, 0.15) is 0 Å². The molecular weight excluding hydrogens is 380 g/mol. The van der Waals surface area contributed by atoms with Crippen molar-refractivity contribution in [3.05, 3.63) is 28.3 Å². The van der Waals surface area contributed by atoms with Gasteiger partial charge in [0, 0.05) is 25.1 Å². The maximum Gasteiger partial charge on any atom is 0.229 e. The van der Waals surface area contributed by atoms with Crippen LogP contribution in [-0.4, -0.2) is 39.2 Å². The Labute approximate surface area is 159 Å². The molecule has 1 aromatic carbocycles. The predicted molar refractivity (Wildman–Crippen MR) is 101 cm³/mol. The van der Waals surface area contributed by atoms with Gasteiger partial charge in [0.25, 0.3) is 0 Å². The first-order chi connectivity index (χ1) is 11.9. The molecule has 2 amide bonds. The molecule has 1 N–H and O–H groups in total. The molecule has 0 aliphatic carbocycles. The minimum Gasteiger partial charge on any atom is -0.329 e. The van der Waals surface area contributed by atoms with Gasteiger partial charge < -0.3 is 5.32 Å². The number of carbonyl (C=O) groups excluding carboxylic acids is 2. The van der Waals surface area contributed by atoms with Crippen molar-refractivity contribution in [1.29, 1.82) is 0 Å². The highest BCUT2D eigenvalue weighted by molar-refractivity contribution is 8.01. The van der Waals surface area contributed by atoms with E-state index in [1.165, 1.54) is 28.0 Å². The molecule has 1 saturated heterocycles. The summed E-state index contributed by atoms with van der Waals surface area (Å²) in [6.07, 6.45) is 0.653. The number of benzene rings is 1. The van der Waals surface area contributed by atoms with Gasteiger partial charge in [-0.15, -0.1) is 10.2 Å². The van der Waals surface area contributed by atoms with E-state index in [4.69, 9.17) is 11.6 Å². The monoisotopic (exact) mass is 396 g/mol. The minimum atomic E-state index is -0.0882. The molecule has 2 heterocycles. The van der Waals surface area contributed by atoms with Crippen LogP contribution in [0.2, 0.25) is 5.02 Å². The van der Waals surface area contributed by atoms with E-state index < -0.39 is 0 Å². The van der Waals surface area contributed by atoms with E-state index in [9.17, 15) is 9.59 Å². The molecule has 1 aliphatic rings. The Kier molecular flexibility index (Phi) is 5.61. The van der Waals surface area contributed by atoms with E-state index in [0.717, 1.165) is 21.2 Å². The van der Waals surface area contributed by atoms with Crippen molar-refractivity contribution in [3.8, 4) is 0 Å². The van der Waals surface area contributed by atoms with Gasteiger partial charge in [-0.3, -0.25) is 14.5 Å². The quantitative estimate of drug-likeness (QED) is 0.591. The number of likely N-dealkylation sites (tertiary alicyclic amines) is 1. The second kappa shape index (κ2) is 7.72. The molecule has 1 aromatic heterocycles. The smallest absolute Gasteiger partial charge is 0.229 e. The maximum absolute atomic E-state index is 11.6. The number of carbonyl (C=O) groups is 2. The highest BCUT2D eigenvalue weighted by Crippen LogP contribution is 2.33. The molecule has 0 unspecified atom stereocenters.